The second-order valence-electron chi connectivity index (χ2n) is 7.74. The molecule has 134 valence electrons. The van der Waals surface area contributed by atoms with Crippen molar-refractivity contribution < 1.29 is 8.42 Å². The topological polar surface area (TPSA) is 49.4 Å². The van der Waals surface area contributed by atoms with Crippen LogP contribution in [0.4, 0.5) is 0 Å². The summed E-state index contributed by atoms with van der Waals surface area (Å²) >= 11 is 0. The van der Waals surface area contributed by atoms with E-state index in [0.29, 0.717) is 23.3 Å². The van der Waals surface area contributed by atoms with Gasteiger partial charge in [-0.3, -0.25) is 0 Å². The molecule has 1 aliphatic heterocycles. The van der Waals surface area contributed by atoms with Gasteiger partial charge in [0.25, 0.3) is 0 Å². The van der Waals surface area contributed by atoms with Crippen LogP contribution in [0.1, 0.15) is 44.2 Å². The Morgan fingerprint density at radius 3 is 2.46 bits per heavy atom. The number of rotatable bonds is 5. The largest absolute Gasteiger partial charge is 0.302 e. The van der Waals surface area contributed by atoms with Crippen LogP contribution in [0.15, 0.2) is 23.1 Å². The van der Waals surface area contributed by atoms with Gasteiger partial charge in [-0.05, 0) is 67.2 Å². The Kier molecular flexibility index (Phi) is 5.63. The Labute approximate surface area is 146 Å². The predicted octanol–water partition coefficient (Wildman–Crippen LogP) is 2.82. The van der Waals surface area contributed by atoms with Crippen LogP contribution in [0.3, 0.4) is 0 Å². The maximum Gasteiger partial charge on any atom is 0.240 e. The van der Waals surface area contributed by atoms with Gasteiger partial charge in [0, 0.05) is 26.2 Å². The van der Waals surface area contributed by atoms with E-state index < -0.39 is 10.0 Å². The minimum atomic E-state index is -3.40. The third-order valence-corrected chi connectivity index (χ3v) is 6.75. The summed E-state index contributed by atoms with van der Waals surface area (Å²) in [6.45, 7) is 7.98. The molecule has 0 saturated carbocycles. The van der Waals surface area contributed by atoms with Crippen LogP contribution in [0.2, 0.25) is 0 Å². The number of piperidine rings is 1. The number of hydrogen-bond donors (Lipinski definition) is 1. The van der Waals surface area contributed by atoms with E-state index in [1.54, 1.807) is 6.07 Å². The highest BCUT2D eigenvalue weighted by Crippen LogP contribution is 2.24. The van der Waals surface area contributed by atoms with Gasteiger partial charge in [-0.25, -0.2) is 13.1 Å². The molecule has 1 saturated heterocycles. The van der Waals surface area contributed by atoms with Crippen molar-refractivity contribution in [2.45, 2.75) is 50.8 Å². The van der Waals surface area contributed by atoms with Gasteiger partial charge in [0.2, 0.25) is 10.0 Å². The molecule has 0 bridgehead atoms. The standard InChI is InChI=1S/C19H30N2O2S/c1-15-11-16(2)14-21(13-15)10-9-20-24(22,23)19-8-7-17-5-3-4-6-18(17)12-19/h7-8,12,15-16,20H,3-6,9-11,13-14H2,1-2H3. The zero-order chi connectivity index (χ0) is 17.2. The highest BCUT2D eigenvalue weighted by molar-refractivity contribution is 7.89. The van der Waals surface area contributed by atoms with E-state index in [4.69, 9.17) is 0 Å². The second-order valence-corrected chi connectivity index (χ2v) is 9.51. The first-order valence-electron chi connectivity index (χ1n) is 9.28. The molecular weight excluding hydrogens is 320 g/mol. The number of benzene rings is 1. The molecule has 1 aromatic rings. The summed E-state index contributed by atoms with van der Waals surface area (Å²) in [6.07, 6.45) is 5.73. The van der Waals surface area contributed by atoms with Crippen molar-refractivity contribution in [2.24, 2.45) is 11.8 Å². The molecule has 0 amide bonds. The van der Waals surface area contributed by atoms with E-state index in [1.165, 1.54) is 24.0 Å². The minimum Gasteiger partial charge on any atom is -0.302 e. The maximum atomic E-state index is 12.6. The molecule has 1 aliphatic carbocycles. The highest BCUT2D eigenvalue weighted by atomic mass is 32.2. The summed E-state index contributed by atoms with van der Waals surface area (Å²) in [5, 5.41) is 0. The van der Waals surface area contributed by atoms with E-state index in [0.717, 1.165) is 38.9 Å². The second kappa shape index (κ2) is 7.54. The molecule has 1 N–H and O–H groups in total. The van der Waals surface area contributed by atoms with Crippen molar-refractivity contribution in [1.82, 2.24) is 9.62 Å². The lowest BCUT2D eigenvalue weighted by atomic mass is 9.92. The van der Waals surface area contributed by atoms with Gasteiger partial charge in [0.05, 0.1) is 4.90 Å². The summed E-state index contributed by atoms with van der Waals surface area (Å²) in [4.78, 5) is 2.80. The number of aryl methyl sites for hydroxylation is 2. The third-order valence-electron chi connectivity index (χ3n) is 5.29. The molecule has 2 atom stereocenters. The average molecular weight is 351 g/mol. The molecule has 24 heavy (non-hydrogen) atoms. The SMILES string of the molecule is CC1CC(C)CN(CCNS(=O)(=O)c2ccc3c(c2)CCCC3)C1. The zero-order valence-corrected chi connectivity index (χ0v) is 15.7. The van der Waals surface area contributed by atoms with Gasteiger partial charge in [0.15, 0.2) is 0 Å². The average Bonchev–Trinajstić information content (AvgIpc) is 2.53. The number of likely N-dealkylation sites (tertiary alicyclic amines) is 1. The molecule has 1 fully saturated rings. The van der Waals surface area contributed by atoms with E-state index >= 15 is 0 Å². The highest BCUT2D eigenvalue weighted by Gasteiger charge is 2.22. The Morgan fingerprint density at radius 1 is 1.08 bits per heavy atom. The fourth-order valence-electron chi connectivity index (χ4n) is 4.27. The summed E-state index contributed by atoms with van der Waals surface area (Å²) in [6, 6.07) is 5.64. The summed E-state index contributed by atoms with van der Waals surface area (Å²) in [5.41, 5.74) is 2.53. The first kappa shape index (κ1) is 17.9. The Balaban J connectivity index is 1.58. The van der Waals surface area contributed by atoms with Crippen molar-refractivity contribution in [2.75, 3.05) is 26.2 Å². The molecule has 2 unspecified atom stereocenters. The summed E-state index contributed by atoms with van der Waals surface area (Å²) in [5.74, 6) is 1.40. The van der Waals surface area contributed by atoms with Crippen molar-refractivity contribution in [3.63, 3.8) is 0 Å². The molecule has 4 nitrogen and oxygen atoms in total. The normalized spacial score (nSPS) is 25.4. The van der Waals surface area contributed by atoms with Crippen LogP contribution in [0.5, 0.6) is 0 Å². The molecule has 5 heteroatoms. The number of nitrogens with zero attached hydrogens (tertiary/aromatic N) is 1. The van der Waals surface area contributed by atoms with E-state index in [2.05, 4.69) is 23.5 Å². The number of sulfonamides is 1. The van der Waals surface area contributed by atoms with Gasteiger partial charge in [-0.2, -0.15) is 0 Å². The number of nitrogens with one attached hydrogen (secondary N) is 1. The Hall–Kier alpha value is -0.910. The summed E-state index contributed by atoms with van der Waals surface area (Å²) < 4.78 is 27.9. The van der Waals surface area contributed by atoms with Crippen LogP contribution in [-0.2, 0) is 22.9 Å². The Bertz CT molecular complexity index is 662. The molecule has 2 aliphatic rings. The summed E-state index contributed by atoms with van der Waals surface area (Å²) in [7, 11) is -3.40. The van der Waals surface area contributed by atoms with E-state index in [1.807, 2.05) is 12.1 Å². The van der Waals surface area contributed by atoms with Gasteiger partial charge in [-0.1, -0.05) is 19.9 Å². The van der Waals surface area contributed by atoms with Crippen molar-refractivity contribution in [3.8, 4) is 0 Å². The van der Waals surface area contributed by atoms with Gasteiger partial charge in [-0.15, -0.1) is 0 Å². The molecule has 0 aromatic heterocycles. The lowest BCUT2D eigenvalue weighted by Crippen LogP contribution is -2.42. The fraction of sp³-hybridized carbons (Fsp3) is 0.684. The van der Waals surface area contributed by atoms with Crippen LogP contribution >= 0.6 is 0 Å². The molecule has 0 radical (unpaired) electrons. The van der Waals surface area contributed by atoms with Crippen molar-refractivity contribution in [1.29, 1.82) is 0 Å². The molecule has 1 heterocycles. The number of hydrogen-bond acceptors (Lipinski definition) is 3. The molecule has 1 aromatic carbocycles. The van der Waals surface area contributed by atoms with E-state index in [-0.39, 0.29) is 0 Å². The minimum absolute atomic E-state index is 0.420. The first-order valence-corrected chi connectivity index (χ1v) is 10.8. The molecule has 3 rings (SSSR count). The lowest BCUT2D eigenvalue weighted by molar-refractivity contribution is 0.143. The maximum absolute atomic E-state index is 12.6. The quantitative estimate of drug-likeness (QED) is 0.888. The van der Waals surface area contributed by atoms with Crippen LogP contribution < -0.4 is 4.72 Å². The smallest absolute Gasteiger partial charge is 0.240 e. The first-order chi connectivity index (χ1) is 11.4. The lowest BCUT2D eigenvalue weighted by Gasteiger charge is -2.34. The fourth-order valence-corrected chi connectivity index (χ4v) is 5.34. The van der Waals surface area contributed by atoms with Crippen molar-refractivity contribution >= 4 is 10.0 Å². The molecule has 0 spiro atoms. The van der Waals surface area contributed by atoms with Crippen LogP contribution in [0.25, 0.3) is 0 Å². The number of fused-ring (bicyclic) bond motifs is 1. The van der Waals surface area contributed by atoms with Gasteiger partial charge >= 0.3 is 0 Å². The van der Waals surface area contributed by atoms with E-state index in [9.17, 15) is 8.42 Å². The molecular formula is C19H30N2O2S. The Morgan fingerprint density at radius 2 is 1.75 bits per heavy atom. The van der Waals surface area contributed by atoms with Gasteiger partial charge in [0.1, 0.15) is 0 Å². The van der Waals surface area contributed by atoms with Gasteiger partial charge < -0.3 is 4.90 Å². The van der Waals surface area contributed by atoms with Crippen molar-refractivity contribution in [3.05, 3.63) is 29.3 Å². The third kappa shape index (κ3) is 4.38. The zero-order valence-electron chi connectivity index (χ0n) is 14.9. The van der Waals surface area contributed by atoms with Crippen LogP contribution in [0, 0.1) is 11.8 Å². The predicted molar refractivity (Wildman–Crippen MR) is 97.7 cm³/mol. The monoisotopic (exact) mass is 350 g/mol. The van der Waals surface area contributed by atoms with Crippen LogP contribution in [-0.4, -0.2) is 39.5 Å².